The van der Waals surface area contributed by atoms with E-state index in [1.807, 2.05) is 56.3 Å². The lowest BCUT2D eigenvalue weighted by Crippen LogP contribution is -2.35. The van der Waals surface area contributed by atoms with Crippen molar-refractivity contribution >= 4 is 21.6 Å². The van der Waals surface area contributed by atoms with Gasteiger partial charge >= 0.3 is 0 Å². The van der Waals surface area contributed by atoms with E-state index in [0.29, 0.717) is 5.69 Å². The summed E-state index contributed by atoms with van der Waals surface area (Å²) in [6, 6.07) is 16.8. The lowest BCUT2D eigenvalue weighted by Gasteiger charge is -2.24. The van der Waals surface area contributed by atoms with E-state index in [1.54, 1.807) is 12.1 Å². The summed E-state index contributed by atoms with van der Waals surface area (Å²) in [5.74, 6) is -0.182. The lowest BCUT2D eigenvalue weighted by atomic mass is 10.1. The number of benzene rings is 2. The minimum absolute atomic E-state index is 0.0958. The molecule has 0 saturated heterocycles. The summed E-state index contributed by atoms with van der Waals surface area (Å²) in [5.41, 5.74) is 2.47. The normalized spacial score (nSPS) is 12.4. The van der Waals surface area contributed by atoms with Crippen LogP contribution in [-0.2, 0) is 14.8 Å². The Morgan fingerprint density at radius 3 is 2.28 bits per heavy atom. The zero-order valence-electron chi connectivity index (χ0n) is 14.8. The van der Waals surface area contributed by atoms with E-state index in [4.69, 9.17) is 0 Å². The molecule has 6 heteroatoms. The van der Waals surface area contributed by atoms with E-state index in [2.05, 4.69) is 5.32 Å². The van der Waals surface area contributed by atoms with Gasteiger partial charge in [0.25, 0.3) is 0 Å². The van der Waals surface area contributed by atoms with Crippen LogP contribution in [0.4, 0.5) is 5.69 Å². The summed E-state index contributed by atoms with van der Waals surface area (Å²) in [6.07, 6.45) is 1.25. The molecule has 0 aromatic heterocycles. The van der Waals surface area contributed by atoms with Crippen molar-refractivity contribution in [1.82, 2.24) is 5.32 Å². The third-order valence-electron chi connectivity index (χ3n) is 4.00. The number of anilines is 1. The summed E-state index contributed by atoms with van der Waals surface area (Å²) in [6.45, 7) is 3.87. The highest BCUT2D eigenvalue weighted by molar-refractivity contribution is 7.92. The van der Waals surface area contributed by atoms with E-state index >= 15 is 0 Å². The first kappa shape index (κ1) is 19.0. The van der Waals surface area contributed by atoms with E-state index in [-0.39, 0.29) is 24.9 Å². The molecular weight excluding hydrogens is 336 g/mol. The first-order chi connectivity index (χ1) is 11.8. The van der Waals surface area contributed by atoms with Crippen LogP contribution in [0.25, 0.3) is 0 Å². The molecule has 0 bridgehead atoms. The molecule has 0 aliphatic rings. The number of nitrogens with zero attached hydrogens (tertiary/aromatic N) is 1. The fourth-order valence-electron chi connectivity index (χ4n) is 2.65. The van der Waals surface area contributed by atoms with Crippen molar-refractivity contribution in [3.05, 3.63) is 65.7 Å². The van der Waals surface area contributed by atoms with E-state index in [1.165, 1.54) is 4.31 Å². The first-order valence-corrected chi connectivity index (χ1v) is 10.0. The third kappa shape index (κ3) is 5.32. The molecule has 0 aliphatic heterocycles. The fraction of sp³-hybridized carbons (Fsp3) is 0.316. The smallest absolute Gasteiger partial charge is 0.232 e. The minimum atomic E-state index is -3.46. The van der Waals surface area contributed by atoms with Gasteiger partial charge in [-0.2, -0.15) is 0 Å². The summed E-state index contributed by atoms with van der Waals surface area (Å²) >= 11 is 0. The second-order valence-corrected chi connectivity index (χ2v) is 7.98. The predicted molar refractivity (Wildman–Crippen MR) is 101 cm³/mol. The van der Waals surface area contributed by atoms with Gasteiger partial charge in [-0.3, -0.25) is 9.10 Å². The molecule has 134 valence electrons. The maximum atomic E-state index is 12.2. The van der Waals surface area contributed by atoms with Crippen LogP contribution in [0.5, 0.6) is 0 Å². The van der Waals surface area contributed by atoms with Gasteiger partial charge in [-0.15, -0.1) is 0 Å². The van der Waals surface area contributed by atoms with Gasteiger partial charge < -0.3 is 5.32 Å². The summed E-state index contributed by atoms with van der Waals surface area (Å²) in [7, 11) is -3.46. The van der Waals surface area contributed by atoms with Crippen LogP contribution in [0.15, 0.2) is 54.6 Å². The lowest BCUT2D eigenvalue weighted by molar-refractivity contribution is -0.121. The number of para-hydroxylation sites is 1. The summed E-state index contributed by atoms with van der Waals surface area (Å²) in [5, 5.41) is 2.91. The van der Waals surface area contributed by atoms with Crippen LogP contribution in [0.2, 0.25) is 0 Å². The van der Waals surface area contributed by atoms with Crippen molar-refractivity contribution in [2.45, 2.75) is 26.3 Å². The molecule has 2 rings (SSSR count). The quantitative estimate of drug-likeness (QED) is 0.825. The first-order valence-electron chi connectivity index (χ1n) is 8.16. The van der Waals surface area contributed by atoms with Crippen molar-refractivity contribution < 1.29 is 13.2 Å². The zero-order chi connectivity index (χ0) is 18.4. The molecule has 0 aliphatic carbocycles. The van der Waals surface area contributed by atoms with Crippen LogP contribution in [0.3, 0.4) is 0 Å². The van der Waals surface area contributed by atoms with Crippen LogP contribution < -0.4 is 9.62 Å². The Morgan fingerprint density at radius 1 is 1.08 bits per heavy atom. The molecule has 5 nitrogen and oxygen atoms in total. The van der Waals surface area contributed by atoms with Crippen LogP contribution in [-0.4, -0.2) is 27.1 Å². The highest BCUT2D eigenvalue weighted by Gasteiger charge is 2.20. The van der Waals surface area contributed by atoms with Crippen molar-refractivity contribution in [2.75, 3.05) is 17.1 Å². The second kappa shape index (κ2) is 8.16. The van der Waals surface area contributed by atoms with Crippen LogP contribution >= 0.6 is 0 Å². The Balaban J connectivity index is 2.04. The van der Waals surface area contributed by atoms with Gasteiger partial charge in [0.15, 0.2) is 0 Å². The Kier molecular flexibility index (Phi) is 6.20. The van der Waals surface area contributed by atoms with Crippen molar-refractivity contribution in [3.63, 3.8) is 0 Å². The maximum absolute atomic E-state index is 12.2. The molecule has 0 fully saturated rings. The second-order valence-electron chi connectivity index (χ2n) is 6.07. The van der Waals surface area contributed by atoms with Gasteiger partial charge in [-0.25, -0.2) is 8.42 Å². The maximum Gasteiger partial charge on any atom is 0.232 e. The number of nitrogens with one attached hydrogen (secondary N) is 1. The molecule has 1 amide bonds. The molecule has 1 N–H and O–H groups in total. The average Bonchev–Trinajstić information content (AvgIpc) is 2.56. The Labute approximate surface area is 149 Å². The SMILES string of the molecule is Cc1ccccc1N(CCC(=O)NC(C)c1ccccc1)S(C)(=O)=O. The average molecular weight is 360 g/mol. The summed E-state index contributed by atoms with van der Waals surface area (Å²) in [4.78, 5) is 12.2. The topological polar surface area (TPSA) is 66.5 Å². The highest BCUT2D eigenvalue weighted by Crippen LogP contribution is 2.22. The van der Waals surface area contributed by atoms with E-state index in [9.17, 15) is 13.2 Å². The Morgan fingerprint density at radius 2 is 1.68 bits per heavy atom. The molecule has 0 radical (unpaired) electrons. The molecule has 1 unspecified atom stereocenters. The van der Waals surface area contributed by atoms with Gasteiger partial charge in [0, 0.05) is 13.0 Å². The zero-order valence-corrected chi connectivity index (χ0v) is 15.6. The number of amides is 1. The molecule has 2 aromatic carbocycles. The molecule has 0 saturated carbocycles. The van der Waals surface area contributed by atoms with Crippen LogP contribution in [0, 0.1) is 6.92 Å². The molecular formula is C19H24N2O3S. The monoisotopic (exact) mass is 360 g/mol. The van der Waals surface area contributed by atoms with Gasteiger partial charge in [0.05, 0.1) is 18.0 Å². The number of hydrogen-bond acceptors (Lipinski definition) is 3. The Bertz CT molecular complexity index is 820. The molecule has 0 heterocycles. The van der Waals surface area contributed by atoms with Gasteiger partial charge in [-0.1, -0.05) is 48.5 Å². The van der Waals surface area contributed by atoms with E-state index in [0.717, 1.165) is 17.4 Å². The van der Waals surface area contributed by atoms with Gasteiger partial charge in [0.1, 0.15) is 0 Å². The number of sulfonamides is 1. The van der Waals surface area contributed by atoms with E-state index < -0.39 is 10.0 Å². The number of carbonyl (C=O) groups excluding carboxylic acids is 1. The van der Waals surface area contributed by atoms with Crippen LogP contribution in [0.1, 0.15) is 30.5 Å². The van der Waals surface area contributed by atoms with Gasteiger partial charge in [0.2, 0.25) is 15.9 Å². The number of hydrogen-bond donors (Lipinski definition) is 1. The van der Waals surface area contributed by atoms with Crippen molar-refractivity contribution in [3.8, 4) is 0 Å². The van der Waals surface area contributed by atoms with Crippen molar-refractivity contribution in [2.24, 2.45) is 0 Å². The predicted octanol–water partition coefficient (Wildman–Crippen LogP) is 3.03. The minimum Gasteiger partial charge on any atom is -0.350 e. The Hall–Kier alpha value is -2.34. The molecule has 25 heavy (non-hydrogen) atoms. The largest absolute Gasteiger partial charge is 0.350 e. The fourth-order valence-corrected chi connectivity index (χ4v) is 3.64. The number of aryl methyl sites for hydroxylation is 1. The number of rotatable bonds is 7. The van der Waals surface area contributed by atoms with Crippen molar-refractivity contribution in [1.29, 1.82) is 0 Å². The number of carbonyl (C=O) groups is 1. The summed E-state index contributed by atoms with van der Waals surface area (Å²) < 4.78 is 25.6. The standard InChI is InChI=1S/C19H24N2O3S/c1-15-9-7-8-12-18(15)21(25(3,23)24)14-13-19(22)20-16(2)17-10-5-4-6-11-17/h4-12,16H,13-14H2,1-3H3,(H,20,22). The molecule has 1 atom stereocenters. The molecule has 2 aromatic rings. The third-order valence-corrected chi connectivity index (χ3v) is 5.18. The van der Waals surface area contributed by atoms with Gasteiger partial charge in [-0.05, 0) is 31.0 Å². The highest BCUT2D eigenvalue weighted by atomic mass is 32.2. The molecule has 0 spiro atoms.